The van der Waals surface area contributed by atoms with Crippen LogP contribution in [0.1, 0.15) is 31.3 Å². The minimum Gasteiger partial charge on any atom is -0.354 e. The van der Waals surface area contributed by atoms with Crippen molar-refractivity contribution in [2.45, 2.75) is 0 Å². The SMILES string of the molecule is CNC(=O)c1cc(C(=O)Nc2ccn(-c3ccncc3)c2C=O)ccn1. The van der Waals surface area contributed by atoms with Crippen molar-refractivity contribution in [3.63, 3.8) is 0 Å². The van der Waals surface area contributed by atoms with E-state index in [9.17, 15) is 14.4 Å². The number of carbonyl (C=O) groups is 3. The number of hydrogen-bond donors (Lipinski definition) is 2. The van der Waals surface area contributed by atoms with Gasteiger partial charge in [0.2, 0.25) is 0 Å². The van der Waals surface area contributed by atoms with E-state index in [4.69, 9.17) is 0 Å². The summed E-state index contributed by atoms with van der Waals surface area (Å²) >= 11 is 0. The van der Waals surface area contributed by atoms with Gasteiger partial charge < -0.3 is 15.2 Å². The first kappa shape index (κ1) is 17.0. The highest BCUT2D eigenvalue weighted by Crippen LogP contribution is 2.20. The van der Waals surface area contributed by atoms with Crippen molar-refractivity contribution in [1.82, 2.24) is 19.9 Å². The molecule has 3 rings (SSSR count). The van der Waals surface area contributed by atoms with Crippen LogP contribution in [-0.2, 0) is 0 Å². The molecule has 26 heavy (non-hydrogen) atoms. The molecule has 3 aromatic rings. The van der Waals surface area contributed by atoms with E-state index < -0.39 is 11.8 Å². The fraction of sp³-hybridized carbons (Fsp3) is 0.0556. The lowest BCUT2D eigenvalue weighted by Gasteiger charge is -2.08. The second-order valence-electron chi connectivity index (χ2n) is 5.27. The van der Waals surface area contributed by atoms with E-state index in [1.165, 1.54) is 25.4 Å². The fourth-order valence-electron chi connectivity index (χ4n) is 2.42. The van der Waals surface area contributed by atoms with E-state index in [1.807, 2.05) is 0 Å². The van der Waals surface area contributed by atoms with Gasteiger partial charge in [-0.05, 0) is 30.3 Å². The zero-order valence-corrected chi connectivity index (χ0v) is 13.8. The Hall–Kier alpha value is -3.81. The van der Waals surface area contributed by atoms with Crippen molar-refractivity contribution in [3.05, 3.63) is 72.1 Å². The molecule has 3 heterocycles. The summed E-state index contributed by atoms with van der Waals surface area (Å²) in [6.45, 7) is 0. The Kier molecular flexibility index (Phi) is 4.84. The molecular formula is C18H15N5O3. The molecule has 0 aromatic carbocycles. The number of carbonyl (C=O) groups excluding carboxylic acids is 3. The van der Waals surface area contributed by atoms with Crippen LogP contribution in [0.15, 0.2) is 55.1 Å². The van der Waals surface area contributed by atoms with Crippen LogP contribution in [0.2, 0.25) is 0 Å². The molecule has 2 amide bonds. The standard InChI is InChI=1S/C18H15N5O3/c1-19-18(26)15-10-12(2-8-21-15)17(25)22-14-5-9-23(16(14)11-24)13-3-6-20-7-4-13/h2-11H,1H3,(H,19,26)(H,22,25). The molecule has 3 aromatic heterocycles. The normalized spacial score (nSPS) is 10.2. The van der Waals surface area contributed by atoms with Crippen LogP contribution in [0.25, 0.3) is 5.69 Å². The average Bonchev–Trinajstić information content (AvgIpc) is 3.10. The summed E-state index contributed by atoms with van der Waals surface area (Å²) in [7, 11) is 1.48. The molecule has 8 heteroatoms. The predicted molar refractivity (Wildman–Crippen MR) is 94.5 cm³/mol. The quantitative estimate of drug-likeness (QED) is 0.682. The van der Waals surface area contributed by atoms with E-state index in [2.05, 4.69) is 20.6 Å². The molecule has 0 spiro atoms. The van der Waals surface area contributed by atoms with Gasteiger partial charge in [0.15, 0.2) is 6.29 Å². The topological polar surface area (TPSA) is 106 Å². The number of aldehydes is 1. The smallest absolute Gasteiger partial charge is 0.269 e. The molecule has 0 atom stereocenters. The summed E-state index contributed by atoms with van der Waals surface area (Å²) < 4.78 is 1.65. The lowest BCUT2D eigenvalue weighted by atomic mass is 10.2. The van der Waals surface area contributed by atoms with Crippen molar-refractivity contribution in [3.8, 4) is 5.69 Å². The van der Waals surface area contributed by atoms with E-state index in [0.29, 0.717) is 17.7 Å². The van der Waals surface area contributed by atoms with Gasteiger partial charge in [-0.15, -0.1) is 0 Å². The molecule has 2 N–H and O–H groups in total. The van der Waals surface area contributed by atoms with E-state index in [1.54, 1.807) is 41.4 Å². The molecular weight excluding hydrogens is 334 g/mol. The number of amides is 2. The molecule has 0 fully saturated rings. The summed E-state index contributed by atoms with van der Waals surface area (Å²) in [5.74, 6) is -0.842. The molecule has 130 valence electrons. The highest BCUT2D eigenvalue weighted by atomic mass is 16.2. The monoisotopic (exact) mass is 349 g/mol. The maximum Gasteiger partial charge on any atom is 0.269 e. The summed E-state index contributed by atoms with van der Waals surface area (Å²) in [6.07, 6.45) is 6.94. The Morgan fingerprint density at radius 3 is 2.54 bits per heavy atom. The van der Waals surface area contributed by atoms with Crippen LogP contribution in [0.5, 0.6) is 0 Å². The van der Waals surface area contributed by atoms with E-state index in [0.717, 1.165) is 5.69 Å². The summed E-state index contributed by atoms with van der Waals surface area (Å²) in [5, 5.41) is 5.13. The van der Waals surface area contributed by atoms with Gasteiger partial charge in [-0.25, -0.2) is 0 Å². The zero-order chi connectivity index (χ0) is 18.5. The highest BCUT2D eigenvalue weighted by Gasteiger charge is 2.15. The molecule has 0 bridgehead atoms. The van der Waals surface area contributed by atoms with Gasteiger partial charge in [0.05, 0.1) is 5.69 Å². The van der Waals surface area contributed by atoms with Crippen LogP contribution in [0.3, 0.4) is 0 Å². The number of pyridine rings is 2. The predicted octanol–water partition coefficient (Wildman–Crippen LogP) is 1.69. The average molecular weight is 349 g/mol. The van der Waals surface area contributed by atoms with Crippen molar-refractivity contribution >= 4 is 23.8 Å². The molecule has 0 unspecified atom stereocenters. The Bertz CT molecular complexity index is 966. The molecule has 0 aliphatic carbocycles. The maximum atomic E-state index is 12.5. The van der Waals surface area contributed by atoms with Crippen molar-refractivity contribution < 1.29 is 14.4 Å². The van der Waals surface area contributed by atoms with Gasteiger partial charge in [0, 0.05) is 43.1 Å². The van der Waals surface area contributed by atoms with Crippen LogP contribution in [0.4, 0.5) is 5.69 Å². The van der Waals surface area contributed by atoms with Crippen LogP contribution >= 0.6 is 0 Å². The van der Waals surface area contributed by atoms with Gasteiger partial charge in [0.1, 0.15) is 11.4 Å². The third kappa shape index (κ3) is 3.34. The largest absolute Gasteiger partial charge is 0.354 e. The van der Waals surface area contributed by atoms with Crippen LogP contribution in [-0.4, -0.2) is 39.7 Å². The molecule has 0 saturated carbocycles. The molecule has 8 nitrogen and oxygen atoms in total. The number of aromatic nitrogens is 3. The molecule has 0 radical (unpaired) electrons. The van der Waals surface area contributed by atoms with Gasteiger partial charge in [-0.2, -0.15) is 0 Å². The van der Waals surface area contributed by atoms with Crippen LogP contribution in [0, 0.1) is 0 Å². The first-order valence-corrected chi connectivity index (χ1v) is 7.70. The summed E-state index contributed by atoms with van der Waals surface area (Å²) in [4.78, 5) is 43.5. The Morgan fingerprint density at radius 1 is 1.08 bits per heavy atom. The van der Waals surface area contributed by atoms with Gasteiger partial charge in [0.25, 0.3) is 11.8 Å². The third-order valence-electron chi connectivity index (χ3n) is 3.71. The van der Waals surface area contributed by atoms with Crippen LogP contribution < -0.4 is 10.6 Å². The fourth-order valence-corrected chi connectivity index (χ4v) is 2.42. The maximum absolute atomic E-state index is 12.5. The Morgan fingerprint density at radius 2 is 1.85 bits per heavy atom. The number of rotatable bonds is 5. The molecule has 0 aliphatic rings. The van der Waals surface area contributed by atoms with E-state index in [-0.39, 0.29) is 11.3 Å². The first-order valence-electron chi connectivity index (χ1n) is 7.70. The number of anilines is 1. The molecule has 0 aliphatic heterocycles. The highest BCUT2D eigenvalue weighted by molar-refractivity contribution is 6.07. The van der Waals surface area contributed by atoms with Crippen molar-refractivity contribution in [2.75, 3.05) is 12.4 Å². The zero-order valence-electron chi connectivity index (χ0n) is 13.8. The number of nitrogens with one attached hydrogen (secondary N) is 2. The third-order valence-corrected chi connectivity index (χ3v) is 3.71. The number of nitrogens with zero attached hydrogens (tertiary/aromatic N) is 3. The van der Waals surface area contributed by atoms with Crippen molar-refractivity contribution in [1.29, 1.82) is 0 Å². The first-order chi connectivity index (χ1) is 12.6. The lowest BCUT2D eigenvalue weighted by Crippen LogP contribution is -2.20. The van der Waals surface area contributed by atoms with E-state index >= 15 is 0 Å². The summed E-state index contributed by atoms with van der Waals surface area (Å²) in [5.41, 5.74) is 1.79. The lowest BCUT2D eigenvalue weighted by molar-refractivity contribution is 0.0958. The second kappa shape index (κ2) is 7.39. The molecule has 0 saturated heterocycles. The minimum atomic E-state index is -0.451. The van der Waals surface area contributed by atoms with Gasteiger partial charge in [-0.1, -0.05) is 0 Å². The minimum absolute atomic E-state index is 0.130. The Balaban J connectivity index is 1.88. The van der Waals surface area contributed by atoms with Gasteiger partial charge >= 0.3 is 0 Å². The van der Waals surface area contributed by atoms with Gasteiger partial charge in [-0.3, -0.25) is 24.4 Å². The van der Waals surface area contributed by atoms with Crippen molar-refractivity contribution in [2.24, 2.45) is 0 Å². The Labute approximate surface area is 148 Å². The number of hydrogen-bond acceptors (Lipinski definition) is 5. The second-order valence-corrected chi connectivity index (χ2v) is 5.27. The summed E-state index contributed by atoms with van der Waals surface area (Å²) in [6, 6.07) is 7.99.